The fraction of sp³-hybridized carbons (Fsp3) is 0.435. The number of alkyl halides is 3. The van der Waals surface area contributed by atoms with E-state index in [1.165, 1.54) is 12.1 Å². The molecule has 29 heavy (non-hydrogen) atoms. The Labute approximate surface area is 169 Å². The third-order valence-corrected chi connectivity index (χ3v) is 5.40. The Morgan fingerprint density at radius 1 is 1.14 bits per heavy atom. The van der Waals surface area contributed by atoms with E-state index in [1.807, 2.05) is 38.9 Å². The molecule has 1 atom stereocenters. The number of nitrogens with zero attached hydrogens (tertiary/aromatic N) is 1. The van der Waals surface area contributed by atoms with Gasteiger partial charge in [0.2, 0.25) is 0 Å². The standard InChI is InChI=1S/C23H26F3NO2/c1-22(2)14-20(15-6-5-7-16(12-15)23(24,25)26)18-9-8-17(13-19(18)21(22)28)29-11-10-27(3)4/h5-9,12-13,20H,10-11,14H2,1-4H3. The first-order valence-electron chi connectivity index (χ1n) is 9.62. The lowest BCUT2D eigenvalue weighted by atomic mass is 9.66. The Bertz CT molecular complexity index is 903. The van der Waals surface area contributed by atoms with Crippen molar-refractivity contribution in [2.24, 2.45) is 5.41 Å². The largest absolute Gasteiger partial charge is 0.492 e. The minimum absolute atomic E-state index is 0.00575. The maximum absolute atomic E-state index is 13.2. The molecular weight excluding hydrogens is 379 g/mol. The van der Waals surface area contributed by atoms with Gasteiger partial charge >= 0.3 is 6.18 Å². The number of carbonyl (C=O) groups is 1. The summed E-state index contributed by atoms with van der Waals surface area (Å²) >= 11 is 0. The van der Waals surface area contributed by atoms with Crippen molar-refractivity contribution in [2.45, 2.75) is 32.4 Å². The van der Waals surface area contributed by atoms with E-state index in [2.05, 4.69) is 0 Å². The van der Waals surface area contributed by atoms with Crippen molar-refractivity contribution in [3.05, 3.63) is 64.7 Å². The Morgan fingerprint density at radius 3 is 2.52 bits per heavy atom. The molecule has 1 unspecified atom stereocenters. The molecule has 0 fully saturated rings. The van der Waals surface area contributed by atoms with Crippen LogP contribution >= 0.6 is 0 Å². The lowest BCUT2D eigenvalue weighted by Crippen LogP contribution is -2.33. The number of hydrogen-bond acceptors (Lipinski definition) is 3. The summed E-state index contributed by atoms with van der Waals surface area (Å²) in [6, 6.07) is 10.7. The number of ketones is 1. The quantitative estimate of drug-likeness (QED) is 0.668. The molecule has 0 aromatic heterocycles. The monoisotopic (exact) mass is 405 g/mol. The van der Waals surface area contributed by atoms with Crippen LogP contribution in [0.3, 0.4) is 0 Å². The van der Waals surface area contributed by atoms with Crippen molar-refractivity contribution in [2.75, 3.05) is 27.2 Å². The minimum Gasteiger partial charge on any atom is -0.492 e. The van der Waals surface area contributed by atoms with E-state index in [0.717, 1.165) is 18.2 Å². The van der Waals surface area contributed by atoms with Gasteiger partial charge in [0, 0.05) is 23.4 Å². The second-order valence-corrected chi connectivity index (χ2v) is 8.49. The van der Waals surface area contributed by atoms with Crippen molar-refractivity contribution in [1.29, 1.82) is 0 Å². The average molecular weight is 405 g/mol. The summed E-state index contributed by atoms with van der Waals surface area (Å²) in [4.78, 5) is 15.0. The van der Waals surface area contributed by atoms with Gasteiger partial charge in [0.1, 0.15) is 12.4 Å². The fourth-order valence-electron chi connectivity index (χ4n) is 3.78. The van der Waals surface area contributed by atoms with Gasteiger partial charge in [-0.05, 0) is 49.8 Å². The van der Waals surface area contributed by atoms with E-state index in [9.17, 15) is 18.0 Å². The van der Waals surface area contributed by atoms with Crippen LogP contribution in [0, 0.1) is 5.41 Å². The van der Waals surface area contributed by atoms with Crippen LogP contribution < -0.4 is 4.74 Å². The number of halogens is 3. The van der Waals surface area contributed by atoms with Crippen LogP contribution in [-0.4, -0.2) is 37.9 Å². The lowest BCUT2D eigenvalue weighted by Gasteiger charge is -2.36. The topological polar surface area (TPSA) is 29.5 Å². The smallest absolute Gasteiger partial charge is 0.416 e. The first-order chi connectivity index (χ1) is 13.5. The first kappa shape index (κ1) is 21.4. The average Bonchev–Trinajstić information content (AvgIpc) is 2.64. The van der Waals surface area contributed by atoms with Crippen LogP contribution in [0.4, 0.5) is 13.2 Å². The molecule has 3 rings (SSSR count). The summed E-state index contributed by atoms with van der Waals surface area (Å²) in [6.07, 6.45) is -3.94. The molecule has 1 aliphatic carbocycles. The van der Waals surface area contributed by atoms with Crippen LogP contribution in [0.5, 0.6) is 5.75 Å². The molecule has 2 aromatic carbocycles. The number of rotatable bonds is 5. The highest BCUT2D eigenvalue weighted by molar-refractivity contribution is 6.03. The third kappa shape index (κ3) is 4.64. The Kier molecular flexibility index (Phi) is 5.77. The van der Waals surface area contributed by atoms with Gasteiger partial charge in [-0.15, -0.1) is 0 Å². The van der Waals surface area contributed by atoms with E-state index in [0.29, 0.717) is 29.9 Å². The number of Topliss-reactive ketones (excluding diaryl/α,β-unsaturated/α-hetero) is 1. The van der Waals surface area contributed by atoms with Crippen LogP contribution in [0.25, 0.3) is 0 Å². The Hall–Kier alpha value is -2.34. The molecule has 2 aromatic rings. The van der Waals surface area contributed by atoms with E-state index in [-0.39, 0.29) is 11.7 Å². The highest BCUT2D eigenvalue weighted by Crippen LogP contribution is 2.46. The molecule has 156 valence electrons. The first-order valence-corrected chi connectivity index (χ1v) is 9.62. The highest BCUT2D eigenvalue weighted by Gasteiger charge is 2.41. The summed E-state index contributed by atoms with van der Waals surface area (Å²) in [7, 11) is 3.89. The zero-order chi connectivity index (χ0) is 21.4. The van der Waals surface area contributed by atoms with Gasteiger partial charge in [0.15, 0.2) is 5.78 Å². The second-order valence-electron chi connectivity index (χ2n) is 8.49. The van der Waals surface area contributed by atoms with Crippen LogP contribution in [0.2, 0.25) is 0 Å². The summed E-state index contributed by atoms with van der Waals surface area (Å²) in [5, 5.41) is 0. The molecule has 0 radical (unpaired) electrons. The van der Waals surface area contributed by atoms with Crippen molar-refractivity contribution in [3.63, 3.8) is 0 Å². The summed E-state index contributed by atoms with van der Waals surface area (Å²) in [6.45, 7) is 4.92. The van der Waals surface area contributed by atoms with Crippen molar-refractivity contribution in [1.82, 2.24) is 4.90 Å². The number of carbonyl (C=O) groups excluding carboxylic acids is 1. The number of hydrogen-bond donors (Lipinski definition) is 0. The maximum Gasteiger partial charge on any atom is 0.416 e. The van der Waals surface area contributed by atoms with E-state index in [1.54, 1.807) is 18.2 Å². The van der Waals surface area contributed by atoms with Crippen molar-refractivity contribution in [3.8, 4) is 5.75 Å². The predicted molar refractivity (Wildman–Crippen MR) is 107 cm³/mol. The van der Waals surface area contributed by atoms with E-state index < -0.39 is 17.2 Å². The maximum atomic E-state index is 13.2. The van der Waals surface area contributed by atoms with Gasteiger partial charge < -0.3 is 9.64 Å². The molecule has 0 heterocycles. The highest BCUT2D eigenvalue weighted by atomic mass is 19.4. The van der Waals surface area contributed by atoms with Gasteiger partial charge in [-0.1, -0.05) is 38.1 Å². The van der Waals surface area contributed by atoms with E-state index in [4.69, 9.17) is 4.74 Å². The molecule has 0 bridgehead atoms. The normalized spacial score (nSPS) is 18.6. The lowest BCUT2D eigenvalue weighted by molar-refractivity contribution is -0.137. The van der Waals surface area contributed by atoms with Gasteiger partial charge in [0.05, 0.1) is 5.56 Å². The molecule has 0 saturated carbocycles. The molecule has 0 spiro atoms. The second kappa shape index (κ2) is 7.82. The van der Waals surface area contributed by atoms with Crippen molar-refractivity contribution < 1.29 is 22.7 Å². The zero-order valence-corrected chi connectivity index (χ0v) is 17.1. The molecule has 0 N–H and O–H groups in total. The zero-order valence-electron chi connectivity index (χ0n) is 17.1. The van der Waals surface area contributed by atoms with Gasteiger partial charge in [-0.2, -0.15) is 13.2 Å². The molecule has 0 saturated heterocycles. The molecule has 0 amide bonds. The van der Waals surface area contributed by atoms with Crippen LogP contribution in [-0.2, 0) is 6.18 Å². The Morgan fingerprint density at radius 2 is 1.86 bits per heavy atom. The van der Waals surface area contributed by atoms with Crippen LogP contribution in [0.15, 0.2) is 42.5 Å². The summed E-state index contributed by atoms with van der Waals surface area (Å²) in [5.74, 6) is 0.309. The Balaban J connectivity index is 2.00. The molecular formula is C23H26F3NO2. The number of fused-ring (bicyclic) bond motifs is 1. The molecule has 3 nitrogen and oxygen atoms in total. The summed E-state index contributed by atoms with van der Waals surface area (Å²) in [5.41, 5.74) is 0.520. The molecule has 0 aliphatic heterocycles. The molecule has 6 heteroatoms. The fourth-order valence-corrected chi connectivity index (χ4v) is 3.78. The minimum atomic E-state index is -4.40. The number of likely N-dealkylation sites (N-methyl/N-ethyl adjacent to an activating group) is 1. The third-order valence-electron chi connectivity index (χ3n) is 5.40. The van der Waals surface area contributed by atoms with E-state index >= 15 is 0 Å². The number of ether oxygens (including phenoxy) is 1. The van der Waals surface area contributed by atoms with Gasteiger partial charge in [0.25, 0.3) is 0 Å². The summed E-state index contributed by atoms with van der Waals surface area (Å²) < 4.78 is 45.4. The number of benzene rings is 2. The van der Waals surface area contributed by atoms with Crippen molar-refractivity contribution >= 4 is 5.78 Å². The van der Waals surface area contributed by atoms with Crippen LogP contribution in [0.1, 0.15) is 53.2 Å². The molecule has 1 aliphatic rings. The van der Waals surface area contributed by atoms with Gasteiger partial charge in [-0.25, -0.2) is 0 Å². The van der Waals surface area contributed by atoms with Gasteiger partial charge in [-0.3, -0.25) is 4.79 Å². The predicted octanol–water partition coefficient (Wildman–Crippen LogP) is 5.39. The SMILES string of the molecule is CN(C)CCOc1ccc2c(c1)C(=O)C(C)(C)CC2c1cccc(C(F)(F)F)c1.